The van der Waals surface area contributed by atoms with Gasteiger partial charge in [-0.15, -0.1) is 0 Å². The topological polar surface area (TPSA) is 53.1 Å². The lowest BCUT2D eigenvalue weighted by Gasteiger charge is -2.21. The summed E-state index contributed by atoms with van der Waals surface area (Å²) < 4.78 is 0. The maximum absolute atomic E-state index is 4.50. The number of anilines is 4. The van der Waals surface area contributed by atoms with E-state index in [1.807, 2.05) is 31.2 Å². The van der Waals surface area contributed by atoms with Crippen LogP contribution in [0.5, 0.6) is 0 Å². The molecule has 0 fully saturated rings. The van der Waals surface area contributed by atoms with Crippen molar-refractivity contribution in [1.29, 1.82) is 0 Å². The van der Waals surface area contributed by atoms with Gasteiger partial charge >= 0.3 is 0 Å². The van der Waals surface area contributed by atoms with Crippen molar-refractivity contribution in [2.45, 2.75) is 27.3 Å². The van der Waals surface area contributed by atoms with Crippen LogP contribution in [0.2, 0.25) is 0 Å². The molecule has 0 amide bonds. The van der Waals surface area contributed by atoms with Crippen molar-refractivity contribution in [3.05, 3.63) is 72.1 Å². The molecule has 3 aromatic rings. The van der Waals surface area contributed by atoms with Crippen molar-refractivity contribution in [3.8, 4) is 0 Å². The molecule has 2 aromatic carbocycles. The summed E-state index contributed by atoms with van der Waals surface area (Å²) in [5.41, 5.74) is 3.46. The average Bonchev–Trinajstić information content (AvgIpc) is 2.69. The van der Waals surface area contributed by atoms with Crippen LogP contribution in [0.25, 0.3) is 0 Å². The normalized spacial score (nSPS) is 10.5. The Bertz CT molecular complexity index is 842. The number of rotatable bonds is 8. The van der Waals surface area contributed by atoms with Crippen LogP contribution in [0.15, 0.2) is 60.7 Å². The number of aryl methyl sites for hydroxylation is 1. The van der Waals surface area contributed by atoms with Crippen LogP contribution in [0.3, 0.4) is 0 Å². The van der Waals surface area contributed by atoms with E-state index in [0.29, 0.717) is 0 Å². The van der Waals surface area contributed by atoms with Gasteiger partial charge in [-0.2, -0.15) is 0 Å². The molecule has 5 heteroatoms. The van der Waals surface area contributed by atoms with Crippen molar-refractivity contribution < 1.29 is 0 Å². The molecule has 0 aliphatic heterocycles. The summed E-state index contributed by atoms with van der Waals surface area (Å²) in [6.45, 7) is 8.99. The van der Waals surface area contributed by atoms with E-state index in [-0.39, 0.29) is 0 Å². The van der Waals surface area contributed by atoms with Gasteiger partial charge in [-0.3, -0.25) is 0 Å². The van der Waals surface area contributed by atoms with E-state index in [4.69, 9.17) is 0 Å². The van der Waals surface area contributed by atoms with E-state index in [2.05, 4.69) is 75.7 Å². The van der Waals surface area contributed by atoms with Gasteiger partial charge in [-0.25, -0.2) is 9.97 Å². The molecule has 5 nitrogen and oxygen atoms in total. The molecule has 0 aliphatic rings. The predicted octanol–water partition coefficient (Wildman–Crippen LogP) is 4.99. The fourth-order valence-corrected chi connectivity index (χ4v) is 3.00. The fraction of sp³-hybridized carbons (Fsp3) is 0.273. The van der Waals surface area contributed by atoms with Crippen LogP contribution in [-0.2, 0) is 6.54 Å². The first-order valence-electron chi connectivity index (χ1n) is 9.43. The molecular weight excluding hydrogens is 334 g/mol. The summed E-state index contributed by atoms with van der Waals surface area (Å²) in [6, 6.07) is 20.7. The molecule has 1 aromatic heterocycles. The zero-order valence-electron chi connectivity index (χ0n) is 16.2. The smallest absolute Gasteiger partial charge is 0.136 e. The molecule has 140 valence electrons. The Morgan fingerprint density at radius 1 is 0.852 bits per heavy atom. The molecule has 3 rings (SSSR count). The maximum Gasteiger partial charge on any atom is 0.136 e. The largest absolute Gasteiger partial charge is 0.372 e. The standard InChI is InChI=1S/C22H27N5/c1-4-27(5-2)20-13-11-19(12-14-20)26-22-15-21(24-17(3)25-22)23-16-18-9-7-6-8-10-18/h6-15H,4-5,16H2,1-3H3,(H2,23,24,25,26). The minimum absolute atomic E-state index is 0.731. The highest BCUT2D eigenvalue weighted by Crippen LogP contribution is 2.21. The molecule has 0 unspecified atom stereocenters. The van der Waals surface area contributed by atoms with Gasteiger partial charge in [0.15, 0.2) is 0 Å². The number of nitrogens with one attached hydrogen (secondary N) is 2. The van der Waals surface area contributed by atoms with E-state index < -0.39 is 0 Å². The van der Waals surface area contributed by atoms with Crippen LogP contribution in [-0.4, -0.2) is 23.1 Å². The first-order valence-corrected chi connectivity index (χ1v) is 9.43. The minimum atomic E-state index is 0.731. The van der Waals surface area contributed by atoms with E-state index in [0.717, 1.165) is 42.8 Å². The van der Waals surface area contributed by atoms with Gasteiger partial charge in [0.2, 0.25) is 0 Å². The van der Waals surface area contributed by atoms with Crippen molar-refractivity contribution in [2.24, 2.45) is 0 Å². The lowest BCUT2D eigenvalue weighted by molar-refractivity contribution is 0.866. The number of aromatic nitrogens is 2. The van der Waals surface area contributed by atoms with Crippen LogP contribution < -0.4 is 15.5 Å². The monoisotopic (exact) mass is 361 g/mol. The second-order valence-electron chi connectivity index (χ2n) is 6.37. The van der Waals surface area contributed by atoms with E-state index in [1.165, 1.54) is 11.3 Å². The lowest BCUT2D eigenvalue weighted by atomic mass is 10.2. The highest BCUT2D eigenvalue weighted by atomic mass is 15.1. The second-order valence-corrected chi connectivity index (χ2v) is 6.37. The molecule has 0 radical (unpaired) electrons. The Kier molecular flexibility index (Phi) is 6.26. The Morgan fingerprint density at radius 2 is 1.52 bits per heavy atom. The third kappa shape index (κ3) is 5.20. The minimum Gasteiger partial charge on any atom is -0.372 e. The van der Waals surface area contributed by atoms with Gasteiger partial charge in [0, 0.05) is 37.1 Å². The van der Waals surface area contributed by atoms with Gasteiger partial charge in [0.1, 0.15) is 17.5 Å². The first kappa shape index (κ1) is 18.7. The van der Waals surface area contributed by atoms with Gasteiger partial charge < -0.3 is 15.5 Å². The summed E-state index contributed by atoms with van der Waals surface area (Å²) in [7, 11) is 0. The average molecular weight is 361 g/mol. The van der Waals surface area contributed by atoms with Crippen molar-refractivity contribution in [2.75, 3.05) is 28.6 Å². The zero-order valence-corrected chi connectivity index (χ0v) is 16.2. The highest BCUT2D eigenvalue weighted by molar-refractivity contribution is 5.62. The number of nitrogens with zero attached hydrogens (tertiary/aromatic N) is 3. The Labute approximate surface area is 161 Å². The van der Waals surface area contributed by atoms with Crippen molar-refractivity contribution in [3.63, 3.8) is 0 Å². The summed E-state index contributed by atoms with van der Waals surface area (Å²) in [5.74, 6) is 2.33. The van der Waals surface area contributed by atoms with Crippen LogP contribution in [0.4, 0.5) is 23.0 Å². The second kappa shape index (κ2) is 9.03. The predicted molar refractivity (Wildman–Crippen MR) is 114 cm³/mol. The van der Waals surface area contributed by atoms with Gasteiger partial charge in [0.05, 0.1) is 0 Å². The number of benzene rings is 2. The third-order valence-corrected chi connectivity index (χ3v) is 4.42. The Balaban J connectivity index is 1.68. The summed E-state index contributed by atoms with van der Waals surface area (Å²) in [5, 5.41) is 6.75. The molecule has 0 bridgehead atoms. The molecule has 0 spiro atoms. The van der Waals surface area contributed by atoms with Gasteiger partial charge in [-0.1, -0.05) is 30.3 Å². The van der Waals surface area contributed by atoms with Gasteiger partial charge in [0.25, 0.3) is 0 Å². The van der Waals surface area contributed by atoms with Crippen LogP contribution in [0.1, 0.15) is 25.2 Å². The lowest BCUT2D eigenvalue weighted by Crippen LogP contribution is -2.21. The number of hydrogen-bond acceptors (Lipinski definition) is 5. The molecular formula is C22H27N5. The molecule has 0 saturated carbocycles. The molecule has 27 heavy (non-hydrogen) atoms. The quantitative estimate of drug-likeness (QED) is 0.592. The zero-order chi connectivity index (χ0) is 19.1. The Hall–Kier alpha value is -3.08. The summed E-state index contributed by atoms with van der Waals surface area (Å²) in [6.07, 6.45) is 0. The van der Waals surface area contributed by atoms with Crippen LogP contribution >= 0.6 is 0 Å². The van der Waals surface area contributed by atoms with Crippen molar-refractivity contribution in [1.82, 2.24) is 9.97 Å². The molecule has 2 N–H and O–H groups in total. The molecule has 1 heterocycles. The fourth-order valence-electron chi connectivity index (χ4n) is 3.00. The highest BCUT2D eigenvalue weighted by Gasteiger charge is 2.05. The third-order valence-electron chi connectivity index (χ3n) is 4.42. The van der Waals surface area contributed by atoms with E-state index >= 15 is 0 Å². The van der Waals surface area contributed by atoms with E-state index in [1.54, 1.807) is 0 Å². The molecule has 0 atom stereocenters. The van der Waals surface area contributed by atoms with Crippen LogP contribution in [0, 0.1) is 6.92 Å². The summed E-state index contributed by atoms with van der Waals surface area (Å²) >= 11 is 0. The number of hydrogen-bond donors (Lipinski definition) is 2. The SMILES string of the molecule is CCN(CC)c1ccc(Nc2cc(NCc3ccccc3)nc(C)n2)cc1. The molecule has 0 saturated heterocycles. The summed E-state index contributed by atoms with van der Waals surface area (Å²) in [4.78, 5) is 11.3. The molecule has 0 aliphatic carbocycles. The van der Waals surface area contributed by atoms with E-state index in [9.17, 15) is 0 Å². The van der Waals surface area contributed by atoms with Crippen molar-refractivity contribution >= 4 is 23.0 Å². The maximum atomic E-state index is 4.50. The Morgan fingerprint density at radius 3 is 2.19 bits per heavy atom. The first-order chi connectivity index (χ1) is 13.2. The van der Waals surface area contributed by atoms with Gasteiger partial charge in [-0.05, 0) is 50.6 Å².